The quantitative estimate of drug-likeness (QED) is 0.484. The van der Waals surface area contributed by atoms with Crippen LogP contribution in [0.2, 0.25) is 0 Å². The van der Waals surface area contributed by atoms with Crippen molar-refractivity contribution >= 4 is 5.97 Å². The first-order valence-electron chi connectivity index (χ1n) is 11.1. The van der Waals surface area contributed by atoms with E-state index in [1.165, 1.54) is 0 Å². The largest absolute Gasteiger partial charge is 0.496 e. The Morgan fingerprint density at radius 3 is 2.48 bits per heavy atom. The molecule has 0 bridgehead atoms. The Balaban J connectivity index is 2.00. The Bertz CT molecular complexity index is 828. The van der Waals surface area contributed by atoms with Crippen LogP contribution in [0.15, 0.2) is 18.2 Å². The maximum absolute atomic E-state index is 13.1. The van der Waals surface area contributed by atoms with Crippen molar-refractivity contribution in [1.82, 2.24) is 0 Å². The number of rotatable bonds is 2. The second-order valence-electron chi connectivity index (χ2n) is 9.03. The lowest BCUT2D eigenvalue weighted by Gasteiger charge is -2.23. The van der Waals surface area contributed by atoms with Crippen LogP contribution in [-0.4, -0.2) is 44.3 Å². The molecule has 4 atom stereocenters. The number of cyclic esters (lactones) is 1. The highest BCUT2D eigenvalue weighted by Gasteiger charge is 2.42. The van der Waals surface area contributed by atoms with Crippen molar-refractivity contribution in [1.29, 1.82) is 0 Å². The minimum atomic E-state index is -0.599. The van der Waals surface area contributed by atoms with Crippen LogP contribution in [-0.2, 0) is 20.6 Å². The van der Waals surface area contributed by atoms with Gasteiger partial charge in [0.25, 0.3) is 0 Å². The van der Waals surface area contributed by atoms with E-state index in [4.69, 9.17) is 23.7 Å². The molecule has 0 radical (unpaired) electrons. The maximum Gasteiger partial charge on any atom is 0.342 e. The van der Waals surface area contributed by atoms with Crippen molar-refractivity contribution in [3.63, 3.8) is 0 Å². The summed E-state index contributed by atoms with van der Waals surface area (Å²) in [5.41, 5.74) is 2.33. The molecule has 2 aliphatic heterocycles. The number of carbonyl (C=O) groups excluding carboxylic acids is 1. The number of benzene rings is 1. The summed E-state index contributed by atoms with van der Waals surface area (Å²) in [6, 6.07) is 1.76. The van der Waals surface area contributed by atoms with Gasteiger partial charge in [0.1, 0.15) is 23.2 Å². The van der Waals surface area contributed by atoms with Crippen molar-refractivity contribution in [2.45, 2.75) is 84.4 Å². The number of carbonyl (C=O) groups is 1. The molecule has 0 aliphatic carbocycles. The smallest absolute Gasteiger partial charge is 0.342 e. The van der Waals surface area contributed by atoms with Crippen LogP contribution in [0, 0.1) is 12.8 Å². The van der Waals surface area contributed by atoms with Gasteiger partial charge >= 0.3 is 5.97 Å². The van der Waals surface area contributed by atoms with E-state index in [1.54, 1.807) is 20.3 Å². The normalized spacial score (nSPS) is 29.8. The number of ether oxygens (including phenoxy) is 5. The first kappa shape index (κ1) is 23.6. The van der Waals surface area contributed by atoms with Gasteiger partial charge in [-0.3, -0.25) is 0 Å². The van der Waals surface area contributed by atoms with Gasteiger partial charge in [-0.25, -0.2) is 4.79 Å². The predicted octanol–water partition coefficient (Wildman–Crippen LogP) is 5.00. The summed E-state index contributed by atoms with van der Waals surface area (Å²) in [5.74, 6) is 0.423. The van der Waals surface area contributed by atoms with Crippen LogP contribution in [0.3, 0.4) is 0 Å². The second-order valence-corrected chi connectivity index (χ2v) is 9.03. The zero-order chi connectivity index (χ0) is 22.8. The van der Waals surface area contributed by atoms with Gasteiger partial charge in [-0.2, -0.15) is 0 Å². The highest BCUT2D eigenvalue weighted by molar-refractivity contribution is 5.95. The summed E-state index contributed by atoms with van der Waals surface area (Å²) in [7, 11) is 3.19. The van der Waals surface area contributed by atoms with Crippen LogP contribution in [0.25, 0.3) is 0 Å². The summed E-state index contributed by atoms with van der Waals surface area (Å²) in [4.78, 5) is 13.1. The van der Waals surface area contributed by atoms with Crippen molar-refractivity contribution in [2.75, 3.05) is 14.2 Å². The van der Waals surface area contributed by atoms with Crippen molar-refractivity contribution < 1.29 is 28.5 Å². The topological polar surface area (TPSA) is 63.2 Å². The lowest BCUT2D eigenvalue weighted by molar-refractivity contribution is -0.149. The highest BCUT2D eigenvalue weighted by atomic mass is 16.8. The lowest BCUT2D eigenvalue weighted by atomic mass is 9.91. The van der Waals surface area contributed by atoms with Gasteiger partial charge in [-0.05, 0) is 58.1 Å². The molecule has 0 saturated carbocycles. The monoisotopic (exact) mass is 432 g/mol. The maximum atomic E-state index is 13.1. The molecule has 172 valence electrons. The zero-order valence-corrected chi connectivity index (χ0v) is 19.8. The highest BCUT2D eigenvalue weighted by Crippen LogP contribution is 2.38. The zero-order valence-electron chi connectivity index (χ0n) is 19.8. The van der Waals surface area contributed by atoms with E-state index in [0.29, 0.717) is 29.9 Å². The number of hydrogen-bond acceptors (Lipinski definition) is 6. The number of esters is 1. The van der Waals surface area contributed by atoms with Crippen molar-refractivity contribution in [3.05, 3.63) is 34.9 Å². The average molecular weight is 433 g/mol. The predicted molar refractivity (Wildman–Crippen MR) is 119 cm³/mol. The van der Waals surface area contributed by atoms with Crippen LogP contribution >= 0.6 is 0 Å². The molecule has 1 aromatic carbocycles. The second kappa shape index (κ2) is 9.61. The van der Waals surface area contributed by atoms with Gasteiger partial charge in [0.2, 0.25) is 0 Å². The summed E-state index contributed by atoms with van der Waals surface area (Å²) in [5, 5.41) is 0. The molecule has 0 N–H and O–H groups in total. The van der Waals surface area contributed by atoms with E-state index in [1.807, 2.05) is 27.7 Å². The van der Waals surface area contributed by atoms with Crippen LogP contribution in [0.1, 0.15) is 68.4 Å². The molecule has 0 spiro atoms. The van der Waals surface area contributed by atoms with Gasteiger partial charge in [0.05, 0.1) is 26.4 Å². The number of fused-ring (bicyclic) bond motifs is 2. The fourth-order valence-electron chi connectivity index (χ4n) is 4.59. The van der Waals surface area contributed by atoms with Crippen LogP contribution in [0.4, 0.5) is 0 Å². The van der Waals surface area contributed by atoms with E-state index in [9.17, 15) is 4.79 Å². The molecular formula is C25H36O6. The Hall–Kier alpha value is -2.05. The summed E-state index contributed by atoms with van der Waals surface area (Å²) in [6.07, 6.45) is 6.93. The SMILES string of the molecule is COc1cc(OC)c2c(c1C)CCC[C@H]1OC(C)(C)O[C@@H]1C(C)/C=C\C[C@H](C)OC2=O. The average Bonchev–Trinajstić information content (AvgIpc) is 3.02. The fourth-order valence-corrected chi connectivity index (χ4v) is 4.59. The third kappa shape index (κ3) is 5.24. The van der Waals surface area contributed by atoms with Gasteiger partial charge in [-0.1, -0.05) is 19.1 Å². The molecule has 1 unspecified atom stereocenters. The molecule has 3 rings (SSSR count). The first-order chi connectivity index (χ1) is 14.7. The molecule has 6 nitrogen and oxygen atoms in total. The van der Waals surface area contributed by atoms with Gasteiger partial charge in [0, 0.05) is 18.4 Å². The van der Waals surface area contributed by atoms with Crippen molar-refractivity contribution in [2.24, 2.45) is 5.92 Å². The molecule has 1 saturated heterocycles. The summed E-state index contributed by atoms with van der Waals surface area (Å²) >= 11 is 0. The standard InChI is InChI=1S/C25H36O6/c1-15-10-8-11-16(2)29-24(26)22-18(17(3)20(27-6)14-21(22)28-7)12-9-13-19-23(15)31-25(4,5)30-19/h8,10,14-16,19,23H,9,11-13H2,1-7H3/b10-8-/t15?,16-,19+,23+/m0/s1. The van der Waals surface area contributed by atoms with E-state index in [0.717, 1.165) is 24.0 Å². The molecule has 6 heteroatoms. The Labute approximate surface area is 185 Å². The molecule has 31 heavy (non-hydrogen) atoms. The van der Waals surface area contributed by atoms with E-state index < -0.39 is 5.79 Å². The first-order valence-corrected chi connectivity index (χ1v) is 11.1. The fraction of sp³-hybridized carbons (Fsp3) is 0.640. The minimum Gasteiger partial charge on any atom is -0.496 e. The van der Waals surface area contributed by atoms with Gasteiger partial charge in [0.15, 0.2) is 5.79 Å². The third-order valence-electron chi connectivity index (χ3n) is 6.15. The Morgan fingerprint density at radius 1 is 1.10 bits per heavy atom. The molecule has 1 aromatic rings. The molecular weight excluding hydrogens is 396 g/mol. The Morgan fingerprint density at radius 2 is 1.81 bits per heavy atom. The minimum absolute atomic E-state index is 0.00164. The van der Waals surface area contributed by atoms with Crippen molar-refractivity contribution in [3.8, 4) is 11.5 Å². The van der Waals surface area contributed by atoms with E-state index in [-0.39, 0.29) is 30.2 Å². The molecule has 1 fully saturated rings. The number of hydrogen-bond donors (Lipinski definition) is 0. The van der Waals surface area contributed by atoms with Crippen LogP contribution < -0.4 is 9.47 Å². The molecule has 0 amide bonds. The molecule has 2 aliphatic rings. The van der Waals surface area contributed by atoms with Gasteiger partial charge < -0.3 is 23.7 Å². The van der Waals surface area contributed by atoms with E-state index >= 15 is 0 Å². The van der Waals surface area contributed by atoms with Gasteiger partial charge in [-0.15, -0.1) is 0 Å². The number of methoxy groups -OCH3 is 2. The Kier molecular flexibility index (Phi) is 7.32. The molecule has 0 aromatic heterocycles. The summed E-state index contributed by atoms with van der Waals surface area (Å²) < 4.78 is 29.4. The van der Waals surface area contributed by atoms with E-state index in [2.05, 4.69) is 19.1 Å². The summed E-state index contributed by atoms with van der Waals surface area (Å²) in [6.45, 7) is 9.96. The third-order valence-corrected chi connectivity index (χ3v) is 6.15. The van der Waals surface area contributed by atoms with Crippen LogP contribution in [0.5, 0.6) is 11.5 Å². The lowest BCUT2D eigenvalue weighted by Crippen LogP contribution is -2.29. The molecule has 2 heterocycles.